The van der Waals surface area contributed by atoms with E-state index in [1.54, 1.807) is 6.26 Å². The fourth-order valence-electron chi connectivity index (χ4n) is 3.00. The van der Waals surface area contributed by atoms with Crippen LogP contribution in [0.4, 0.5) is 0 Å². The lowest BCUT2D eigenvalue weighted by Gasteiger charge is -2.14. The lowest BCUT2D eigenvalue weighted by molar-refractivity contribution is -0.119. The molecule has 1 saturated carbocycles. The highest BCUT2D eigenvalue weighted by molar-refractivity contribution is 7.99. The van der Waals surface area contributed by atoms with Gasteiger partial charge < -0.3 is 9.73 Å². The maximum Gasteiger partial charge on any atom is 0.230 e. The smallest absolute Gasteiger partial charge is 0.230 e. The Morgan fingerprint density at radius 3 is 2.78 bits per heavy atom. The SMILES string of the molecule is CC(NC(=O)CSc1nnc(C2CC2)n1Cc1ccco1)c1ccccc1. The fraction of sp³-hybridized carbons (Fsp3) is 0.350. The minimum atomic E-state index is -0.0256. The molecule has 0 spiro atoms. The van der Waals surface area contributed by atoms with Crippen molar-refractivity contribution in [2.75, 3.05) is 5.75 Å². The first-order valence-electron chi connectivity index (χ1n) is 9.13. The minimum Gasteiger partial charge on any atom is -0.467 e. The maximum absolute atomic E-state index is 12.4. The van der Waals surface area contributed by atoms with E-state index in [1.165, 1.54) is 11.8 Å². The van der Waals surface area contributed by atoms with Gasteiger partial charge in [-0.05, 0) is 37.5 Å². The molecule has 2 aromatic heterocycles. The van der Waals surface area contributed by atoms with E-state index in [9.17, 15) is 4.79 Å². The number of benzene rings is 1. The Bertz CT molecular complexity index is 888. The van der Waals surface area contributed by atoms with Crippen molar-refractivity contribution in [1.82, 2.24) is 20.1 Å². The summed E-state index contributed by atoms with van der Waals surface area (Å²) in [6.07, 6.45) is 3.97. The van der Waals surface area contributed by atoms with Crippen molar-refractivity contribution in [2.45, 2.75) is 43.4 Å². The molecule has 1 aromatic carbocycles. The first-order chi connectivity index (χ1) is 13.2. The summed E-state index contributed by atoms with van der Waals surface area (Å²) >= 11 is 1.42. The third kappa shape index (κ3) is 4.42. The number of carbonyl (C=O) groups excluding carboxylic acids is 1. The maximum atomic E-state index is 12.4. The van der Waals surface area contributed by atoms with Crippen LogP contribution in [0, 0.1) is 0 Å². The van der Waals surface area contributed by atoms with Gasteiger partial charge in [-0.25, -0.2) is 0 Å². The summed E-state index contributed by atoms with van der Waals surface area (Å²) in [5.41, 5.74) is 1.09. The molecule has 0 bridgehead atoms. The van der Waals surface area contributed by atoms with Gasteiger partial charge in [0.05, 0.1) is 24.6 Å². The van der Waals surface area contributed by atoms with Crippen LogP contribution in [0.25, 0.3) is 0 Å². The van der Waals surface area contributed by atoms with Gasteiger partial charge in [0.25, 0.3) is 0 Å². The lowest BCUT2D eigenvalue weighted by atomic mass is 10.1. The van der Waals surface area contributed by atoms with Crippen molar-refractivity contribution < 1.29 is 9.21 Å². The average molecular weight is 382 g/mol. The van der Waals surface area contributed by atoms with Crippen LogP contribution in [0.5, 0.6) is 0 Å². The van der Waals surface area contributed by atoms with Gasteiger partial charge in [0.15, 0.2) is 5.16 Å². The molecule has 140 valence electrons. The predicted molar refractivity (Wildman–Crippen MR) is 104 cm³/mol. The molecule has 1 unspecified atom stereocenters. The van der Waals surface area contributed by atoms with Crippen LogP contribution in [0.1, 0.15) is 48.9 Å². The van der Waals surface area contributed by atoms with Crippen LogP contribution in [0.3, 0.4) is 0 Å². The zero-order valence-electron chi connectivity index (χ0n) is 15.2. The Hall–Kier alpha value is -2.54. The van der Waals surface area contributed by atoms with Crippen molar-refractivity contribution in [3.63, 3.8) is 0 Å². The molecule has 0 aliphatic heterocycles. The summed E-state index contributed by atoms with van der Waals surface area (Å²) in [7, 11) is 0. The summed E-state index contributed by atoms with van der Waals surface area (Å²) in [5, 5.41) is 12.5. The van der Waals surface area contributed by atoms with Crippen molar-refractivity contribution in [3.05, 3.63) is 65.9 Å². The van der Waals surface area contributed by atoms with Crippen molar-refractivity contribution >= 4 is 17.7 Å². The molecule has 1 aliphatic rings. The molecule has 1 aliphatic carbocycles. The summed E-state index contributed by atoms with van der Waals surface area (Å²) in [6, 6.07) is 13.7. The number of hydrogen-bond donors (Lipinski definition) is 1. The third-order valence-electron chi connectivity index (χ3n) is 4.59. The van der Waals surface area contributed by atoms with E-state index < -0.39 is 0 Å². The summed E-state index contributed by atoms with van der Waals surface area (Å²) in [4.78, 5) is 12.4. The quantitative estimate of drug-likeness (QED) is 0.601. The van der Waals surface area contributed by atoms with Crippen LogP contribution < -0.4 is 5.32 Å². The molecule has 0 saturated heterocycles. The number of rotatable bonds is 8. The van der Waals surface area contributed by atoms with Crippen molar-refractivity contribution in [3.8, 4) is 0 Å². The summed E-state index contributed by atoms with van der Waals surface area (Å²) < 4.78 is 7.56. The number of amides is 1. The van der Waals surface area contributed by atoms with Crippen molar-refractivity contribution in [2.24, 2.45) is 0 Å². The van der Waals surface area contributed by atoms with Crippen LogP contribution in [-0.2, 0) is 11.3 Å². The standard InChI is InChI=1S/C20H22N4O2S/c1-14(15-6-3-2-4-7-15)21-18(25)13-27-20-23-22-19(16-9-10-16)24(20)12-17-8-5-11-26-17/h2-8,11,14,16H,9-10,12-13H2,1H3,(H,21,25). The molecule has 0 radical (unpaired) electrons. The molecule has 7 heteroatoms. The Labute approximate surface area is 162 Å². The van der Waals surface area contributed by atoms with E-state index in [2.05, 4.69) is 20.1 Å². The Balaban J connectivity index is 1.39. The van der Waals surface area contributed by atoms with Crippen LogP contribution >= 0.6 is 11.8 Å². The summed E-state index contributed by atoms with van der Waals surface area (Å²) in [6.45, 7) is 2.58. The van der Waals surface area contributed by atoms with Crippen LogP contribution in [0.15, 0.2) is 58.3 Å². The number of thioether (sulfide) groups is 1. The average Bonchev–Trinajstić information content (AvgIpc) is 3.25. The van der Waals surface area contributed by atoms with E-state index in [0.717, 1.165) is 35.1 Å². The number of nitrogens with zero attached hydrogens (tertiary/aromatic N) is 3. The number of carbonyl (C=O) groups is 1. The van der Waals surface area contributed by atoms with E-state index >= 15 is 0 Å². The molecular weight excluding hydrogens is 360 g/mol. The van der Waals surface area contributed by atoms with Gasteiger partial charge in [0.1, 0.15) is 11.6 Å². The minimum absolute atomic E-state index is 0.0168. The molecule has 27 heavy (non-hydrogen) atoms. The van der Waals surface area contributed by atoms with Gasteiger partial charge >= 0.3 is 0 Å². The molecule has 1 N–H and O–H groups in total. The third-order valence-corrected chi connectivity index (χ3v) is 5.56. The topological polar surface area (TPSA) is 73.0 Å². The summed E-state index contributed by atoms with van der Waals surface area (Å²) in [5.74, 6) is 2.62. The zero-order valence-corrected chi connectivity index (χ0v) is 16.0. The van der Waals surface area contributed by atoms with Crippen molar-refractivity contribution in [1.29, 1.82) is 0 Å². The number of hydrogen-bond acceptors (Lipinski definition) is 5. The Kier molecular flexibility index (Phi) is 5.29. The second kappa shape index (κ2) is 8.00. The van der Waals surface area contributed by atoms with E-state index in [-0.39, 0.29) is 11.9 Å². The van der Waals surface area contributed by atoms with E-state index in [1.807, 2.05) is 49.4 Å². The molecule has 1 amide bonds. The fourth-order valence-corrected chi connectivity index (χ4v) is 3.75. The first kappa shape index (κ1) is 17.9. The van der Waals surface area contributed by atoms with Gasteiger partial charge in [-0.3, -0.25) is 9.36 Å². The molecule has 6 nitrogen and oxygen atoms in total. The number of nitrogens with one attached hydrogen (secondary N) is 1. The molecule has 3 aromatic rings. The first-order valence-corrected chi connectivity index (χ1v) is 10.1. The highest BCUT2D eigenvalue weighted by atomic mass is 32.2. The molecule has 1 fully saturated rings. The molecule has 2 heterocycles. The van der Waals surface area contributed by atoms with Gasteiger partial charge in [-0.1, -0.05) is 42.1 Å². The molecule has 1 atom stereocenters. The van der Waals surface area contributed by atoms with Crippen LogP contribution in [0.2, 0.25) is 0 Å². The highest BCUT2D eigenvalue weighted by Gasteiger charge is 2.30. The largest absolute Gasteiger partial charge is 0.467 e. The second-order valence-corrected chi connectivity index (χ2v) is 7.71. The van der Waals surface area contributed by atoms with Crippen LogP contribution in [-0.4, -0.2) is 26.4 Å². The lowest BCUT2D eigenvalue weighted by Crippen LogP contribution is -2.28. The number of aromatic nitrogens is 3. The van der Waals surface area contributed by atoms with E-state index in [0.29, 0.717) is 18.2 Å². The molecule has 4 rings (SSSR count). The second-order valence-electron chi connectivity index (χ2n) is 6.77. The Morgan fingerprint density at radius 1 is 1.26 bits per heavy atom. The van der Waals surface area contributed by atoms with E-state index in [4.69, 9.17) is 4.42 Å². The highest BCUT2D eigenvalue weighted by Crippen LogP contribution is 2.40. The Morgan fingerprint density at radius 2 is 2.07 bits per heavy atom. The monoisotopic (exact) mass is 382 g/mol. The van der Waals surface area contributed by atoms with Gasteiger partial charge in [-0.2, -0.15) is 0 Å². The van der Waals surface area contributed by atoms with Gasteiger partial charge in [-0.15, -0.1) is 10.2 Å². The van der Waals surface area contributed by atoms with Gasteiger partial charge in [0, 0.05) is 5.92 Å². The predicted octanol–water partition coefficient (Wildman–Crippen LogP) is 3.77. The molecular formula is C20H22N4O2S. The number of furan rings is 1. The zero-order chi connectivity index (χ0) is 18.6. The normalized spacial score (nSPS) is 14.9. The van der Waals surface area contributed by atoms with Gasteiger partial charge in [0.2, 0.25) is 5.91 Å².